The van der Waals surface area contributed by atoms with Crippen molar-refractivity contribution in [1.82, 2.24) is 0 Å². The molecule has 2 aliphatic rings. The predicted molar refractivity (Wildman–Crippen MR) is 55.7 cm³/mol. The zero-order valence-corrected chi connectivity index (χ0v) is 8.47. The van der Waals surface area contributed by atoms with Gasteiger partial charge in [0.15, 0.2) is 5.78 Å². The fourth-order valence-corrected chi connectivity index (χ4v) is 2.76. The molecule has 0 N–H and O–H groups in total. The van der Waals surface area contributed by atoms with E-state index >= 15 is 0 Å². The van der Waals surface area contributed by atoms with Gasteiger partial charge in [0.1, 0.15) is 0 Å². The van der Waals surface area contributed by atoms with Gasteiger partial charge in [-0.15, -0.1) is 0 Å². The summed E-state index contributed by atoms with van der Waals surface area (Å²) >= 11 is 0. The van der Waals surface area contributed by atoms with Crippen LogP contribution >= 0.6 is 0 Å². The third-order valence-electron chi connectivity index (χ3n) is 3.56. The topological polar surface area (TPSA) is 17.1 Å². The summed E-state index contributed by atoms with van der Waals surface area (Å²) in [4.78, 5) is 11.8. The molecule has 1 aromatic rings. The van der Waals surface area contributed by atoms with Crippen molar-refractivity contribution in [3.8, 4) is 0 Å². The molecular formula is C13H14O. The second kappa shape index (κ2) is 2.69. The Hall–Kier alpha value is -1.11. The maximum atomic E-state index is 11.8. The summed E-state index contributed by atoms with van der Waals surface area (Å²) in [6.45, 7) is 2.04. The fourth-order valence-electron chi connectivity index (χ4n) is 2.76. The van der Waals surface area contributed by atoms with Gasteiger partial charge in [0.25, 0.3) is 0 Å². The van der Waals surface area contributed by atoms with Crippen LogP contribution in [0.2, 0.25) is 0 Å². The van der Waals surface area contributed by atoms with Crippen molar-refractivity contribution in [2.24, 2.45) is 5.92 Å². The van der Waals surface area contributed by atoms with E-state index in [0.717, 1.165) is 12.0 Å². The van der Waals surface area contributed by atoms with Crippen molar-refractivity contribution in [3.05, 3.63) is 34.4 Å². The number of carbonyl (C=O) groups excluding carboxylic acids is 1. The molecule has 1 heteroatoms. The van der Waals surface area contributed by atoms with Crippen molar-refractivity contribution in [2.45, 2.75) is 32.6 Å². The van der Waals surface area contributed by atoms with E-state index in [2.05, 4.69) is 12.1 Å². The molecule has 0 fully saturated rings. The quantitative estimate of drug-likeness (QED) is 0.608. The molecule has 0 saturated heterocycles. The SMILES string of the molecule is C[C@@H]1Cc2cc3c(cc2C1=O)CCC3. The van der Waals surface area contributed by atoms with Crippen LogP contribution in [-0.2, 0) is 19.3 Å². The predicted octanol–water partition coefficient (Wildman–Crippen LogP) is 2.55. The van der Waals surface area contributed by atoms with Crippen molar-refractivity contribution in [1.29, 1.82) is 0 Å². The van der Waals surface area contributed by atoms with Crippen LogP contribution in [0.25, 0.3) is 0 Å². The van der Waals surface area contributed by atoms with E-state index in [4.69, 9.17) is 0 Å². The number of Topliss-reactive ketones (excluding diaryl/α,β-unsaturated/α-hetero) is 1. The van der Waals surface area contributed by atoms with Crippen LogP contribution in [0.5, 0.6) is 0 Å². The van der Waals surface area contributed by atoms with Crippen LogP contribution in [0.4, 0.5) is 0 Å². The van der Waals surface area contributed by atoms with Crippen LogP contribution in [0.1, 0.15) is 40.4 Å². The van der Waals surface area contributed by atoms with Crippen molar-refractivity contribution in [2.75, 3.05) is 0 Å². The van der Waals surface area contributed by atoms with Gasteiger partial charge in [-0.2, -0.15) is 0 Å². The average molecular weight is 186 g/mol. The molecule has 3 rings (SSSR count). The van der Waals surface area contributed by atoms with E-state index in [1.165, 1.54) is 36.0 Å². The second-order valence-electron chi connectivity index (χ2n) is 4.60. The Morgan fingerprint density at radius 2 is 1.86 bits per heavy atom. The van der Waals surface area contributed by atoms with Gasteiger partial charge in [0, 0.05) is 11.5 Å². The van der Waals surface area contributed by atoms with Crippen LogP contribution in [-0.4, -0.2) is 5.78 Å². The highest BCUT2D eigenvalue weighted by Crippen LogP contribution is 2.32. The molecule has 0 saturated carbocycles. The minimum atomic E-state index is 0.215. The molecule has 14 heavy (non-hydrogen) atoms. The van der Waals surface area contributed by atoms with Crippen LogP contribution in [0.3, 0.4) is 0 Å². The number of hydrogen-bond acceptors (Lipinski definition) is 1. The summed E-state index contributed by atoms with van der Waals surface area (Å²) in [6.07, 6.45) is 4.61. The molecule has 72 valence electrons. The van der Waals surface area contributed by atoms with Gasteiger partial charge in [-0.1, -0.05) is 13.0 Å². The number of aryl methyl sites for hydroxylation is 2. The van der Waals surface area contributed by atoms with Gasteiger partial charge in [0.2, 0.25) is 0 Å². The Kier molecular flexibility index (Phi) is 1.58. The van der Waals surface area contributed by atoms with Crippen LogP contribution in [0.15, 0.2) is 12.1 Å². The molecule has 1 aromatic carbocycles. The highest BCUT2D eigenvalue weighted by atomic mass is 16.1. The number of benzene rings is 1. The molecular weight excluding hydrogens is 172 g/mol. The Morgan fingerprint density at radius 3 is 2.64 bits per heavy atom. The van der Waals surface area contributed by atoms with Crippen molar-refractivity contribution >= 4 is 5.78 Å². The van der Waals surface area contributed by atoms with Gasteiger partial charge in [0.05, 0.1) is 0 Å². The van der Waals surface area contributed by atoms with Crippen molar-refractivity contribution < 1.29 is 4.79 Å². The number of ketones is 1. The van der Waals surface area contributed by atoms with Gasteiger partial charge >= 0.3 is 0 Å². The Morgan fingerprint density at radius 1 is 1.14 bits per heavy atom. The summed E-state index contributed by atoms with van der Waals surface area (Å²) < 4.78 is 0. The molecule has 1 atom stereocenters. The number of rotatable bonds is 0. The first-order valence-corrected chi connectivity index (χ1v) is 5.44. The monoisotopic (exact) mass is 186 g/mol. The highest BCUT2D eigenvalue weighted by molar-refractivity contribution is 6.02. The minimum Gasteiger partial charge on any atom is -0.294 e. The summed E-state index contributed by atoms with van der Waals surface area (Å²) in [5.74, 6) is 0.572. The normalized spacial score (nSPS) is 23.8. The Balaban J connectivity index is 2.17. The van der Waals surface area contributed by atoms with E-state index < -0.39 is 0 Å². The minimum absolute atomic E-state index is 0.215. The fraction of sp³-hybridized carbons (Fsp3) is 0.462. The standard InChI is InChI=1S/C13H14O/c1-8-5-11-6-9-3-2-4-10(9)7-12(11)13(8)14/h6-8H,2-5H2,1H3/t8-/m1/s1. The summed E-state index contributed by atoms with van der Waals surface area (Å²) in [5, 5.41) is 0. The van der Waals surface area contributed by atoms with Crippen LogP contribution < -0.4 is 0 Å². The van der Waals surface area contributed by atoms with E-state index in [1.54, 1.807) is 0 Å². The maximum absolute atomic E-state index is 11.8. The van der Waals surface area contributed by atoms with E-state index in [1.807, 2.05) is 6.92 Å². The number of hydrogen-bond donors (Lipinski definition) is 0. The number of fused-ring (bicyclic) bond motifs is 2. The lowest BCUT2D eigenvalue weighted by Gasteiger charge is -2.02. The third-order valence-corrected chi connectivity index (χ3v) is 3.56. The van der Waals surface area contributed by atoms with Gasteiger partial charge in [-0.25, -0.2) is 0 Å². The number of carbonyl (C=O) groups is 1. The van der Waals surface area contributed by atoms with Crippen LogP contribution in [0, 0.1) is 5.92 Å². The lowest BCUT2D eigenvalue weighted by Crippen LogP contribution is -2.03. The molecule has 0 unspecified atom stereocenters. The first kappa shape index (κ1) is 8.22. The highest BCUT2D eigenvalue weighted by Gasteiger charge is 2.28. The third kappa shape index (κ3) is 0.985. The zero-order chi connectivity index (χ0) is 9.71. The molecule has 0 spiro atoms. The Bertz CT molecular complexity index is 417. The second-order valence-corrected chi connectivity index (χ2v) is 4.60. The summed E-state index contributed by atoms with van der Waals surface area (Å²) in [6, 6.07) is 4.43. The first-order chi connectivity index (χ1) is 6.75. The zero-order valence-electron chi connectivity index (χ0n) is 8.47. The summed E-state index contributed by atoms with van der Waals surface area (Å²) in [7, 11) is 0. The molecule has 0 aromatic heterocycles. The molecule has 0 bridgehead atoms. The van der Waals surface area contributed by atoms with E-state index in [0.29, 0.717) is 5.78 Å². The van der Waals surface area contributed by atoms with Gasteiger partial charge in [-0.3, -0.25) is 4.79 Å². The first-order valence-electron chi connectivity index (χ1n) is 5.44. The van der Waals surface area contributed by atoms with E-state index in [-0.39, 0.29) is 5.92 Å². The Labute approximate surface area is 84.1 Å². The lowest BCUT2D eigenvalue weighted by atomic mass is 10.0. The average Bonchev–Trinajstić information content (AvgIpc) is 2.70. The lowest BCUT2D eigenvalue weighted by molar-refractivity contribution is 0.0946. The molecule has 0 amide bonds. The molecule has 0 aliphatic heterocycles. The van der Waals surface area contributed by atoms with Crippen molar-refractivity contribution in [3.63, 3.8) is 0 Å². The molecule has 1 nitrogen and oxygen atoms in total. The smallest absolute Gasteiger partial charge is 0.166 e. The molecule has 0 heterocycles. The largest absolute Gasteiger partial charge is 0.294 e. The summed E-state index contributed by atoms with van der Waals surface area (Å²) in [5.41, 5.74) is 5.22. The molecule has 0 radical (unpaired) electrons. The maximum Gasteiger partial charge on any atom is 0.166 e. The van der Waals surface area contributed by atoms with Gasteiger partial charge in [-0.05, 0) is 48.4 Å². The van der Waals surface area contributed by atoms with Gasteiger partial charge < -0.3 is 0 Å². The molecule has 2 aliphatic carbocycles. The van der Waals surface area contributed by atoms with E-state index in [9.17, 15) is 4.79 Å².